The number of hydrazine groups is 1. The summed E-state index contributed by atoms with van der Waals surface area (Å²) in [6.07, 6.45) is -4.75. The molecule has 1 aromatic heterocycles. The molecule has 3 aromatic carbocycles. The van der Waals surface area contributed by atoms with Gasteiger partial charge in [-0.3, -0.25) is 30.1 Å². The highest BCUT2D eigenvalue weighted by Gasteiger charge is 2.33. The molecule has 0 spiro atoms. The van der Waals surface area contributed by atoms with E-state index >= 15 is 0 Å². The molecule has 4 aromatic rings. The first-order chi connectivity index (χ1) is 16.1. The van der Waals surface area contributed by atoms with Gasteiger partial charge in [0.05, 0.1) is 21.5 Å². The van der Waals surface area contributed by atoms with Crippen molar-refractivity contribution in [2.24, 2.45) is 0 Å². The molecule has 0 saturated carbocycles. The van der Waals surface area contributed by atoms with Gasteiger partial charge in [0.2, 0.25) is 0 Å². The Kier molecular flexibility index (Phi) is 5.70. The zero-order valence-corrected chi connectivity index (χ0v) is 17.7. The van der Waals surface area contributed by atoms with Crippen molar-refractivity contribution in [3.05, 3.63) is 92.6 Å². The van der Waals surface area contributed by atoms with E-state index < -0.39 is 28.3 Å². The van der Waals surface area contributed by atoms with Gasteiger partial charge in [-0.15, -0.1) is 0 Å². The van der Waals surface area contributed by atoms with Crippen LogP contribution in [0.15, 0.2) is 71.5 Å². The number of amides is 1. The monoisotopic (exact) mass is 470 g/mol. The van der Waals surface area contributed by atoms with Crippen molar-refractivity contribution < 1.29 is 22.9 Å². The maximum Gasteiger partial charge on any atom is 0.416 e. The largest absolute Gasteiger partial charge is 0.416 e. The molecule has 0 radical (unpaired) electrons. The Labute approximate surface area is 189 Å². The Morgan fingerprint density at radius 2 is 1.59 bits per heavy atom. The number of alkyl halides is 3. The normalized spacial score (nSPS) is 11.5. The van der Waals surface area contributed by atoms with Gasteiger partial charge in [-0.1, -0.05) is 24.3 Å². The molecular formula is C23H17F3N4O4. The summed E-state index contributed by atoms with van der Waals surface area (Å²) in [6, 6.07) is 15.6. The molecule has 11 heteroatoms. The highest BCUT2D eigenvalue weighted by atomic mass is 19.4. The number of aromatic nitrogens is 1. The van der Waals surface area contributed by atoms with E-state index in [1.165, 1.54) is 7.05 Å². The van der Waals surface area contributed by atoms with Crippen LogP contribution in [-0.2, 0) is 17.5 Å². The third-order valence-corrected chi connectivity index (χ3v) is 5.33. The molecule has 0 atom stereocenters. The lowest BCUT2D eigenvalue weighted by atomic mass is 10.1. The Morgan fingerprint density at radius 1 is 1.03 bits per heavy atom. The van der Waals surface area contributed by atoms with Gasteiger partial charge in [-0.05, 0) is 36.4 Å². The van der Waals surface area contributed by atoms with Crippen LogP contribution in [0.2, 0.25) is 0 Å². The van der Waals surface area contributed by atoms with Crippen LogP contribution in [0.1, 0.15) is 5.56 Å². The maximum atomic E-state index is 13.0. The fourth-order valence-electron chi connectivity index (χ4n) is 3.80. The molecule has 34 heavy (non-hydrogen) atoms. The van der Waals surface area contributed by atoms with Crippen molar-refractivity contribution in [1.82, 2.24) is 9.99 Å². The Bertz CT molecular complexity index is 1440. The number of pyridine rings is 1. The molecule has 4 rings (SSSR count). The summed E-state index contributed by atoms with van der Waals surface area (Å²) in [5.74, 6) is -0.601. The van der Waals surface area contributed by atoms with Crippen molar-refractivity contribution >= 4 is 39.1 Å². The Morgan fingerprint density at radius 3 is 2.12 bits per heavy atom. The maximum absolute atomic E-state index is 13.0. The Hall–Kier alpha value is -4.41. The molecule has 0 aliphatic heterocycles. The smallest absolute Gasteiger partial charge is 0.331 e. The molecular weight excluding hydrogens is 453 g/mol. The number of halogens is 3. The number of carbonyl (C=O) groups is 1. The number of nitrogens with zero attached hydrogens (tertiary/aromatic N) is 3. The first kappa shape index (κ1) is 22.8. The molecule has 1 N–H and O–H groups in total. The predicted molar refractivity (Wildman–Crippen MR) is 120 cm³/mol. The first-order valence-electron chi connectivity index (χ1n) is 9.97. The summed E-state index contributed by atoms with van der Waals surface area (Å²) in [5.41, 5.74) is 1.11. The van der Waals surface area contributed by atoms with E-state index in [1.54, 1.807) is 53.1 Å². The fourth-order valence-corrected chi connectivity index (χ4v) is 3.80. The third kappa shape index (κ3) is 4.15. The van der Waals surface area contributed by atoms with Crippen LogP contribution in [0.3, 0.4) is 0 Å². The number of carbonyl (C=O) groups excluding carboxylic acids is 1. The van der Waals surface area contributed by atoms with E-state index in [4.69, 9.17) is 0 Å². The number of para-hydroxylation sites is 2. The van der Waals surface area contributed by atoms with Crippen molar-refractivity contribution in [2.45, 2.75) is 12.7 Å². The van der Waals surface area contributed by atoms with Gasteiger partial charge in [-0.2, -0.15) is 13.2 Å². The number of hydrogen-bond acceptors (Lipinski definition) is 5. The van der Waals surface area contributed by atoms with Crippen LogP contribution in [0, 0.1) is 10.1 Å². The van der Waals surface area contributed by atoms with Gasteiger partial charge in [0.1, 0.15) is 12.2 Å². The molecule has 0 fully saturated rings. The van der Waals surface area contributed by atoms with Crippen LogP contribution in [0.5, 0.6) is 0 Å². The topological polar surface area (TPSA) is 97.5 Å². The van der Waals surface area contributed by atoms with Crippen molar-refractivity contribution in [2.75, 3.05) is 12.1 Å². The number of nitrogens with one attached hydrogen (secondary N) is 1. The number of anilines is 1. The van der Waals surface area contributed by atoms with Gasteiger partial charge in [0, 0.05) is 23.9 Å². The lowest BCUT2D eigenvalue weighted by molar-refractivity contribution is -0.384. The lowest BCUT2D eigenvalue weighted by Crippen LogP contribution is -2.41. The highest BCUT2D eigenvalue weighted by molar-refractivity contribution is 5.95. The SMILES string of the molecule is CN(NC(=O)Cn1c2ccccc2c(=O)c2ccccc21)c1ccc(C(F)(F)F)cc1[N+](=O)[O-]. The second kappa shape index (κ2) is 8.50. The molecule has 0 bridgehead atoms. The van der Waals surface area contributed by atoms with E-state index in [1.807, 2.05) is 0 Å². The first-order valence-corrected chi connectivity index (χ1v) is 9.97. The summed E-state index contributed by atoms with van der Waals surface area (Å²) < 4.78 is 40.5. The number of hydrogen-bond donors (Lipinski definition) is 1. The highest BCUT2D eigenvalue weighted by Crippen LogP contribution is 2.35. The number of nitro groups is 1. The number of nitro benzene ring substituents is 1. The van der Waals surface area contributed by atoms with E-state index in [-0.39, 0.29) is 17.7 Å². The van der Waals surface area contributed by atoms with Crippen molar-refractivity contribution in [3.63, 3.8) is 0 Å². The molecule has 1 amide bonds. The molecule has 1 heterocycles. The van der Waals surface area contributed by atoms with E-state index in [2.05, 4.69) is 5.43 Å². The average molecular weight is 470 g/mol. The summed E-state index contributed by atoms with van der Waals surface area (Å²) >= 11 is 0. The number of benzene rings is 3. The van der Waals surface area contributed by atoms with Crippen LogP contribution < -0.4 is 15.9 Å². The van der Waals surface area contributed by atoms with Crippen LogP contribution >= 0.6 is 0 Å². The fraction of sp³-hybridized carbons (Fsp3) is 0.130. The standard InChI is InChI=1S/C23H17F3N4O4/c1-28(19-11-10-14(23(24,25)26)12-20(19)30(33)34)27-21(31)13-29-17-8-4-2-6-15(17)22(32)16-7-3-5-9-18(16)29/h2-12H,13H2,1H3,(H,27,31). The van der Waals surface area contributed by atoms with Gasteiger partial charge in [-0.25, -0.2) is 0 Å². The quantitative estimate of drug-likeness (QED) is 0.267. The molecule has 0 aliphatic rings. The van der Waals surface area contributed by atoms with Crippen LogP contribution in [0.4, 0.5) is 24.5 Å². The van der Waals surface area contributed by atoms with Gasteiger partial charge in [0.25, 0.3) is 11.6 Å². The average Bonchev–Trinajstić information content (AvgIpc) is 2.80. The minimum atomic E-state index is -4.75. The van der Waals surface area contributed by atoms with Gasteiger partial charge >= 0.3 is 6.18 Å². The molecule has 0 saturated heterocycles. The number of rotatable bonds is 5. The summed E-state index contributed by atoms with van der Waals surface area (Å²) in [5, 5.41) is 13.2. The summed E-state index contributed by atoms with van der Waals surface area (Å²) in [4.78, 5) is 36.1. The second-order valence-electron chi connectivity index (χ2n) is 7.50. The third-order valence-electron chi connectivity index (χ3n) is 5.33. The summed E-state index contributed by atoms with van der Waals surface area (Å²) in [7, 11) is 1.29. The van der Waals surface area contributed by atoms with Crippen molar-refractivity contribution in [1.29, 1.82) is 0 Å². The van der Waals surface area contributed by atoms with Crippen molar-refractivity contribution in [3.8, 4) is 0 Å². The van der Waals surface area contributed by atoms with E-state index in [0.29, 0.717) is 33.9 Å². The van der Waals surface area contributed by atoms with E-state index in [9.17, 15) is 32.9 Å². The minimum absolute atomic E-state index is 0.180. The molecule has 174 valence electrons. The summed E-state index contributed by atoms with van der Waals surface area (Å²) in [6.45, 7) is -0.250. The van der Waals surface area contributed by atoms with Gasteiger partial charge in [0.15, 0.2) is 5.43 Å². The second-order valence-corrected chi connectivity index (χ2v) is 7.50. The zero-order chi connectivity index (χ0) is 24.6. The lowest BCUT2D eigenvalue weighted by Gasteiger charge is -2.22. The van der Waals surface area contributed by atoms with Gasteiger partial charge < -0.3 is 4.57 Å². The van der Waals surface area contributed by atoms with Crippen LogP contribution in [0.25, 0.3) is 21.8 Å². The molecule has 0 aliphatic carbocycles. The predicted octanol–water partition coefficient (Wildman–Crippen LogP) is 4.25. The Balaban J connectivity index is 1.68. The van der Waals surface area contributed by atoms with E-state index in [0.717, 1.165) is 11.1 Å². The number of fused-ring (bicyclic) bond motifs is 2. The molecule has 8 nitrogen and oxygen atoms in total. The molecule has 0 unspecified atom stereocenters. The van der Waals surface area contributed by atoms with Crippen LogP contribution in [-0.4, -0.2) is 22.4 Å². The zero-order valence-electron chi connectivity index (χ0n) is 17.7. The minimum Gasteiger partial charge on any atom is -0.331 e.